The van der Waals surface area contributed by atoms with Gasteiger partial charge in [0.1, 0.15) is 0 Å². The topological polar surface area (TPSA) is 58.8 Å². The highest BCUT2D eigenvalue weighted by molar-refractivity contribution is 5.75. The van der Waals surface area contributed by atoms with E-state index in [1.807, 2.05) is 9.80 Å². The zero-order valence-electron chi connectivity index (χ0n) is 10.6. The van der Waals surface area contributed by atoms with Crippen LogP contribution in [0.1, 0.15) is 32.6 Å². The first-order valence-electron chi connectivity index (χ1n) is 6.64. The number of hydrogen-bond acceptors (Lipinski definition) is 3. The van der Waals surface area contributed by atoms with Crippen LogP contribution in [0, 0.1) is 0 Å². The Labute approximate surface area is 103 Å². The van der Waals surface area contributed by atoms with Crippen LogP contribution < -0.4 is 5.73 Å². The van der Waals surface area contributed by atoms with Crippen LogP contribution in [0.5, 0.6) is 0 Å². The molecule has 0 spiro atoms. The molecule has 0 bridgehead atoms. The summed E-state index contributed by atoms with van der Waals surface area (Å²) in [5.74, 6) is 0. The quantitative estimate of drug-likeness (QED) is 0.744. The van der Waals surface area contributed by atoms with Crippen LogP contribution in [-0.2, 0) is 4.74 Å². The third-order valence-corrected chi connectivity index (χ3v) is 3.74. The number of carbonyl (C=O) groups excluding carboxylic acids is 1. The highest BCUT2D eigenvalue weighted by Gasteiger charge is 2.32. The van der Waals surface area contributed by atoms with Crippen LogP contribution in [0.25, 0.3) is 0 Å². The molecule has 0 saturated carbocycles. The molecule has 2 rings (SSSR count). The van der Waals surface area contributed by atoms with Crippen molar-refractivity contribution in [3.63, 3.8) is 0 Å². The maximum Gasteiger partial charge on any atom is 0.321 e. The molecule has 0 aromatic carbocycles. The summed E-state index contributed by atoms with van der Waals surface area (Å²) in [5.41, 5.74) is 6.02. The lowest BCUT2D eigenvalue weighted by Crippen LogP contribution is -2.58. The summed E-state index contributed by atoms with van der Waals surface area (Å²) in [4.78, 5) is 16.2. The second-order valence-corrected chi connectivity index (χ2v) is 4.87. The largest absolute Gasteiger partial charge is 0.377 e. The molecule has 0 aromatic rings. The molecule has 2 heterocycles. The molecule has 2 saturated heterocycles. The third kappa shape index (κ3) is 2.72. The summed E-state index contributed by atoms with van der Waals surface area (Å²) in [6, 6.07) is 0.317. The van der Waals surface area contributed by atoms with Gasteiger partial charge in [-0.3, -0.25) is 0 Å². The molecule has 2 amide bonds. The fourth-order valence-electron chi connectivity index (χ4n) is 2.60. The van der Waals surface area contributed by atoms with Gasteiger partial charge in [0.05, 0.1) is 25.4 Å². The average Bonchev–Trinajstić information content (AvgIpc) is 2.38. The normalized spacial score (nSPS) is 30.5. The highest BCUT2D eigenvalue weighted by Crippen LogP contribution is 2.18. The molecule has 2 aliphatic heterocycles. The third-order valence-electron chi connectivity index (χ3n) is 3.74. The summed E-state index contributed by atoms with van der Waals surface area (Å²) in [5, 5.41) is 0. The molecule has 98 valence electrons. The zero-order chi connectivity index (χ0) is 12.3. The number of rotatable bonds is 1. The fourth-order valence-corrected chi connectivity index (χ4v) is 2.60. The van der Waals surface area contributed by atoms with Gasteiger partial charge in [-0.05, 0) is 25.7 Å². The van der Waals surface area contributed by atoms with E-state index in [0.29, 0.717) is 19.8 Å². The Bertz CT molecular complexity index is 272. The maximum atomic E-state index is 12.4. The molecular formula is C12H23N3O2. The molecule has 2 aliphatic rings. The van der Waals surface area contributed by atoms with Crippen LogP contribution in [0.3, 0.4) is 0 Å². The lowest BCUT2D eigenvalue weighted by molar-refractivity contribution is -0.00214. The van der Waals surface area contributed by atoms with Crippen molar-refractivity contribution < 1.29 is 9.53 Å². The lowest BCUT2D eigenvalue weighted by atomic mass is 10.1. The van der Waals surface area contributed by atoms with Crippen LogP contribution >= 0.6 is 0 Å². The van der Waals surface area contributed by atoms with Gasteiger partial charge in [0.25, 0.3) is 0 Å². The number of nitrogens with two attached hydrogens (primary N) is 1. The minimum absolute atomic E-state index is 0.100. The van der Waals surface area contributed by atoms with Crippen molar-refractivity contribution in [2.24, 2.45) is 5.73 Å². The second-order valence-electron chi connectivity index (χ2n) is 4.87. The Morgan fingerprint density at radius 2 is 2.18 bits per heavy atom. The molecule has 0 aromatic heterocycles. The van der Waals surface area contributed by atoms with Crippen molar-refractivity contribution in [2.75, 3.05) is 26.3 Å². The second kappa shape index (κ2) is 5.69. The SMILES string of the molecule is CC[C@H]1COCCN1C(=O)N1CCCCC1N. The van der Waals surface area contributed by atoms with Crippen molar-refractivity contribution in [1.29, 1.82) is 0 Å². The Morgan fingerprint density at radius 3 is 2.88 bits per heavy atom. The Hall–Kier alpha value is -0.810. The van der Waals surface area contributed by atoms with Crippen molar-refractivity contribution >= 4 is 6.03 Å². The first-order valence-corrected chi connectivity index (χ1v) is 6.64. The van der Waals surface area contributed by atoms with E-state index < -0.39 is 0 Å². The molecule has 2 N–H and O–H groups in total. The number of amides is 2. The Kier molecular flexibility index (Phi) is 4.23. The van der Waals surface area contributed by atoms with Crippen LogP contribution in [0.2, 0.25) is 0 Å². The zero-order valence-corrected chi connectivity index (χ0v) is 10.6. The van der Waals surface area contributed by atoms with Crippen molar-refractivity contribution in [3.05, 3.63) is 0 Å². The van der Waals surface area contributed by atoms with Gasteiger partial charge in [0.2, 0.25) is 0 Å². The maximum absolute atomic E-state index is 12.4. The smallest absolute Gasteiger partial charge is 0.321 e. The first kappa shape index (κ1) is 12.6. The van der Waals surface area contributed by atoms with Gasteiger partial charge >= 0.3 is 6.03 Å². The predicted octanol–water partition coefficient (Wildman–Crippen LogP) is 0.988. The van der Waals surface area contributed by atoms with E-state index in [0.717, 1.165) is 32.2 Å². The summed E-state index contributed by atoms with van der Waals surface area (Å²) < 4.78 is 5.42. The monoisotopic (exact) mass is 241 g/mol. The predicted molar refractivity (Wildman–Crippen MR) is 65.5 cm³/mol. The van der Waals surface area contributed by atoms with E-state index in [9.17, 15) is 4.79 Å². The molecule has 2 atom stereocenters. The van der Waals surface area contributed by atoms with Crippen LogP contribution in [0.4, 0.5) is 4.79 Å². The van der Waals surface area contributed by atoms with Gasteiger partial charge in [0, 0.05) is 13.1 Å². The van der Waals surface area contributed by atoms with Crippen LogP contribution in [-0.4, -0.2) is 54.3 Å². The molecule has 17 heavy (non-hydrogen) atoms. The molecule has 5 nitrogen and oxygen atoms in total. The van der Waals surface area contributed by atoms with E-state index in [-0.39, 0.29) is 18.2 Å². The van der Waals surface area contributed by atoms with Gasteiger partial charge in [-0.25, -0.2) is 4.79 Å². The van der Waals surface area contributed by atoms with Gasteiger partial charge in [-0.1, -0.05) is 6.92 Å². The lowest BCUT2D eigenvalue weighted by Gasteiger charge is -2.41. The molecule has 5 heteroatoms. The number of ether oxygens (including phenoxy) is 1. The summed E-state index contributed by atoms with van der Waals surface area (Å²) in [6.45, 7) is 4.89. The van der Waals surface area contributed by atoms with E-state index in [1.165, 1.54) is 0 Å². The number of morpholine rings is 1. The summed E-state index contributed by atoms with van der Waals surface area (Å²) in [7, 11) is 0. The Balaban J connectivity index is 2.01. The number of nitrogens with zero attached hydrogens (tertiary/aromatic N) is 2. The first-order chi connectivity index (χ1) is 8.24. The summed E-state index contributed by atoms with van der Waals surface area (Å²) >= 11 is 0. The number of likely N-dealkylation sites (tertiary alicyclic amines) is 1. The number of carbonyl (C=O) groups is 1. The molecular weight excluding hydrogens is 218 g/mol. The minimum atomic E-state index is -0.100. The summed E-state index contributed by atoms with van der Waals surface area (Å²) in [6.07, 6.45) is 3.96. The van der Waals surface area contributed by atoms with Crippen molar-refractivity contribution in [2.45, 2.75) is 44.8 Å². The van der Waals surface area contributed by atoms with Gasteiger partial charge in [-0.15, -0.1) is 0 Å². The van der Waals surface area contributed by atoms with E-state index in [2.05, 4.69) is 6.92 Å². The van der Waals surface area contributed by atoms with E-state index >= 15 is 0 Å². The molecule has 2 fully saturated rings. The molecule has 1 unspecified atom stereocenters. The minimum Gasteiger partial charge on any atom is -0.377 e. The van der Waals surface area contributed by atoms with E-state index in [1.54, 1.807) is 0 Å². The van der Waals surface area contributed by atoms with Crippen molar-refractivity contribution in [1.82, 2.24) is 9.80 Å². The number of hydrogen-bond donors (Lipinski definition) is 1. The van der Waals surface area contributed by atoms with E-state index in [4.69, 9.17) is 10.5 Å². The molecule has 0 radical (unpaired) electrons. The van der Waals surface area contributed by atoms with Crippen molar-refractivity contribution in [3.8, 4) is 0 Å². The van der Waals surface area contributed by atoms with Crippen LogP contribution in [0.15, 0.2) is 0 Å². The Morgan fingerprint density at radius 1 is 1.35 bits per heavy atom. The van der Waals surface area contributed by atoms with Gasteiger partial charge in [0.15, 0.2) is 0 Å². The van der Waals surface area contributed by atoms with Gasteiger partial charge in [-0.2, -0.15) is 0 Å². The average molecular weight is 241 g/mol. The highest BCUT2D eigenvalue weighted by atomic mass is 16.5. The molecule has 0 aliphatic carbocycles. The van der Waals surface area contributed by atoms with Gasteiger partial charge < -0.3 is 20.3 Å². The number of urea groups is 1. The fraction of sp³-hybridized carbons (Fsp3) is 0.917. The number of piperidine rings is 1. The standard InChI is InChI=1S/C12H23N3O2/c1-2-10-9-17-8-7-14(10)12(16)15-6-4-3-5-11(15)13/h10-11H,2-9,13H2,1H3/t10-,11?/m0/s1.